The van der Waals surface area contributed by atoms with Gasteiger partial charge in [-0.05, 0) is 57.4 Å². The Kier molecular flexibility index (Phi) is 12.1. The van der Waals surface area contributed by atoms with Crippen LogP contribution in [-0.4, -0.2) is 71.9 Å². The monoisotopic (exact) mass is 522 g/mol. The van der Waals surface area contributed by atoms with Gasteiger partial charge in [-0.2, -0.15) is 0 Å². The number of hydrogen-bond acceptors (Lipinski definition) is 8. The quantitative estimate of drug-likeness (QED) is 0.155. The molecule has 0 N–H and O–H groups in total. The summed E-state index contributed by atoms with van der Waals surface area (Å²) in [6.45, 7) is 7.85. The minimum Gasteiger partial charge on any atom is -0.490 e. The zero-order valence-electron chi connectivity index (χ0n) is 20.8. The highest BCUT2D eigenvalue weighted by molar-refractivity contribution is 8.26. The molecule has 0 saturated carbocycles. The molecule has 0 spiro atoms. The van der Waals surface area contributed by atoms with Gasteiger partial charge in [-0.1, -0.05) is 36.5 Å². The average Bonchev–Trinajstić information content (AvgIpc) is 3.11. The van der Waals surface area contributed by atoms with Crippen molar-refractivity contribution in [2.45, 2.75) is 46.5 Å². The molecule has 1 aromatic rings. The van der Waals surface area contributed by atoms with Gasteiger partial charge in [-0.15, -0.1) is 0 Å². The van der Waals surface area contributed by atoms with Crippen LogP contribution in [0.4, 0.5) is 0 Å². The van der Waals surface area contributed by atoms with Crippen LogP contribution in [0.2, 0.25) is 0 Å². The standard InChI is InChI=1S/C25H34N2O6S2/c1-5-26(6-2)22(28)17-33-19-13-12-18(15-20(19)32-7-3)16-21-24(30)27(25(34)35-21)14-10-8-9-11-23(29)31-4/h12-13,15-16H,5-11,14,17H2,1-4H3/b21-16+. The molecule has 1 saturated heterocycles. The highest BCUT2D eigenvalue weighted by Gasteiger charge is 2.31. The summed E-state index contributed by atoms with van der Waals surface area (Å²) >= 11 is 6.68. The fraction of sp³-hybridized carbons (Fsp3) is 0.520. The zero-order valence-corrected chi connectivity index (χ0v) is 22.5. The molecule has 1 aliphatic heterocycles. The van der Waals surface area contributed by atoms with Crippen LogP contribution in [0, 0.1) is 0 Å². The van der Waals surface area contributed by atoms with Crippen molar-refractivity contribution in [3.63, 3.8) is 0 Å². The van der Waals surface area contributed by atoms with Gasteiger partial charge < -0.3 is 19.1 Å². The fourth-order valence-corrected chi connectivity index (χ4v) is 4.78. The van der Waals surface area contributed by atoms with Crippen molar-refractivity contribution in [3.8, 4) is 11.5 Å². The molecule has 0 unspecified atom stereocenters. The number of amides is 2. The van der Waals surface area contributed by atoms with E-state index in [-0.39, 0.29) is 24.4 Å². The van der Waals surface area contributed by atoms with Crippen molar-refractivity contribution in [2.24, 2.45) is 0 Å². The van der Waals surface area contributed by atoms with Crippen LogP contribution in [-0.2, 0) is 19.1 Å². The number of benzene rings is 1. The van der Waals surface area contributed by atoms with Gasteiger partial charge in [0.15, 0.2) is 18.1 Å². The van der Waals surface area contributed by atoms with E-state index in [4.69, 9.17) is 21.7 Å². The van der Waals surface area contributed by atoms with Crippen LogP contribution in [0.5, 0.6) is 11.5 Å². The summed E-state index contributed by atoms with van der Waals surface area (Å²) in [5.74, 6) is 0.544. The molecule has 0 aliphatic carbocycles. The second-order valence-corrected chi connectivity index (χ2v) is 9.39. The number of carbonyl (C=O) groups excluding carboxylic acids is 3. The molecule has 2 amide bonds. The Hall–Kier alpha value is -2.59. The summed E-state index contributed by atoms with van der Waals surface area (Å²) in [5, 5.41) is 0. The third-order valence-corrected chi connectivity index (χ3v) is 6.77. The van der Waals surface area contributed by atoms with Crippen LogP contribution >= 0.6 is 24.0 Å². The Morgan fingerprint density at radius 2 is 1.83 bits per heavy atom. The van der Waals surface area contributed by atoms with E-state index in [1.807, 2.05) is 26.8 Å². The summed E-state index contributed by atoms with van der Waals surface area (Å²) in [7, 11) is 1.38. The van der Waals surface area contributed by atoms with Crippen molar-refractivity contribution >= 4 is 52.2 Å². The smallest absolute Gasteiger partial charge is 0.305 e. The van der Waals surface area contributed by atoms with Crippen LogP contribution in [0.3, 0.4) is 0 Å². The summed E-state index contributed by atoms with van der Waals surface area (Å²) < 4.78 is 16.6. The van der Waals surface area contributed by atoms with Crippen LogP contribution in [0.15, 0.2) is 23.1 Å². The summed E-state index contributed by atoms with van der Waals surface area (Å²) in [5.41, 5.74) is 0.773. The predicted molar refractivity (Wildman–Crippen MR) is 141 cm³/mol. The number of hydrogen-bond donors (Lipinski definition) is 0. The van der Waals surface area contributed by atoms with E-state index in [9.17, 15) is 14.4 Å². The fourth-order valence-electron chi connectivity index (χ4n) is 3.47. The van der Waals surface area contributed by atoms with Crippen LogP contribution in [0.25, 0.3) is 6.08 Å². The first kappa shape index (κ1) is 28.6. The molecule has 1 fully saturated rings. The van der Waals surface area contributed by atoms with Gasteiger partial charge in [0.05, 0.1) is 18.6 Å². The Bertz CT molecular complexity index is 946. The minimum atomic E-state index is -0.225. The topological polar surface area (TPSA) is 85.4 Å². The predicted octanol–water partition coefficient (Wildman–Crippen LogP) is 4.27. The van der Waals surface area contributed by atoms with Gasteiger partial charge in [0.1, 0.15) is 4.32 Å². The van der Waals surface area contributed by atoms with Crippen LogP contribution in [0.1, 0.15) is 52.0 Å². The highest BCUT2D eigenvalue weighted by atomic mass is 32.2. The van der Waals surface area contributed by atoms with E-state index >= 15 is 0 Å². The van der Waals surface area contributed by atoms with Gasteiger partial charge in [-0.3, -0.25) is 19.3 Å². The number of carbonyl (C=O) groups is 3. The maximum absolute atomic E-state index is 12.9. The van der Waals surface area contributed by atoms with E-state index in [1.165, 1.54) is 18.9 Å². The maximum Gasteiger partial charge on any atom is 0.305 e. The van der Waals surface area contributed by atoms with Crippen LogP contribution < -0.4 is 9.47 Å². The largest absolute Gasteiger partial charge is 0.490 e. The van der Waals surface area contributed by atoms with E-state index in [0.717, 1.165) is 18.4 Å². The Labute approximate surface area is 216 Å². The molecule has 0 radical (unpaired) electrons. The van der Waals surface area contributed by atoms with Crippen molar-refractivity contribution in [1.82, 2.24) is 9.80 Å². The molecule has 0 bridgehead atoms. The number of likely N-dealkylation sites (N-methyl/N-ethyl adjacent to an activating group) is 1. The molecule has 10 heteroatoms. The molecule has 8 nitrogen and oxygen atoms in total. The number of unbranched alkanes of at least 4 members (excludes halogenated alkanes) is 2. The number of thioether (sulfide) groups is 1. The molecule has 2 rings (SSSR count). The van der Waals surface area contributed by atoms with Crippen molar-refractivity contribution in [3.05, 3.63) is 28.7 Å². The number of ether oxygens (including phenoxy) is 3. The number of nitrogens with zero attached hydrogens (tertiary/aromatic N) is 2. The lowest BCUT2D eigenvalue weighted by molar-refractivity contribution is -0.140. The molecular weight excluding hydrogens is 488 g/mol. The molecule has 1 aliphatic rings. The number of esters is 1. The van der Waals surface area contributed by atoms with Crippen molar-refractivity contribution < 1.29 is 28.6 Å². The molecule has 0 atom stereocenters. The average molecular weight is 523 g/mol. The summed E-state index contributed by atoms with van der Waals surface area (Å²) in [4.78, 5) is 40.2. The Morgan fingerprint density at radius 3 is 2.49 bits per heavy atom. The third-order valence-electron chi connectivity index (χ3n) is 5.40. The molecule has 0 aromatic heterocycles. The maximum atomic E-state index is 12.9. The summed E-state index contributed by atoms with van der Waals surface area (Å²) in [6, 6.07) is 5.35. The van der Waals surface area contributed by atoms with E-state index in [1.54, 1.807) is 28.0 Å². The summed E-state index contributed by atoms with van der Waals surface area (Å²) in [6.07, 6.45) is 4.43. The highest BCUT2D eigenvalue weighted by Crippen LogP contribution is 2.35. The minimum absolute atomic E-state index is 0.0701. The molecular formula is C25H34N2O6S2. The van der Waals surface area contributed by atoms with Gasteiger partial charge in [0.2, 0.25) is 0 Å². The molecule has 1 heterocycles. The lowest BCUT2D eigenvalue weighted by Crippen LogP contribution is -2.34. The van der Waals surface area contributed by atoms with Gasteiger partial charge >= 0.3 is 5.97 Å². The number of thiocarbonyl (C=S) groups is 1. The van der Waals surface area contributed by atoms with Crippen molar-refractivity contribution in [1.29, 1.82) is 0 Å². The lowest BCUT2D eigenvalue weighted by atomic mass is 10.1. The SMILES string of the molecule is CCOc1cc(/C=C2/SC(=S)N(CCCCCC(=O)OC)C2=O)ccc1OCC(=O)N(CC)CC. The second kappa shape index (κ2) is 14.7. The first-order valence-electron chi connectivity index (χ1n) is 11.8. The third kappa shape index (κ3) is 8.54. The lowest BCUT2D eigenvalue weighted by Gasteiger charge is -2.19. The first-order valence-corrected chi connectivity index (χ1v) is 13.1. The molecule has 1 aromatic carbocycles. The Morgan fingerprint density at radius 1 is 1.09 bits per heavy atom. The molecule has 35 heavy (non-hydrogen) atoms. The number of rotatable bonds is 14. The van der Waals surface area contributed by atoms with Crippen molar-refractivity contribution in [2.75, 3.05) is 40.0 Å². The van der Waals surface area contributed by atoms with Gasteiger partial charge in [0.25, 0.3) is 11.8 Å². The Balaban J connectivity index is 2.03. The zero-order chi connectivity index (χ0) is 25.8. The first-order chi connectivity index (χ1) is 16.8. The second-order valence-electron chi connectivity index (χ2n) is 7.71. The van der Waals surface area contributed by atoms with Gasteiger partial charge in [-0.25, -0.2) is 0 Å². The normalized spacial score (nSPS) is 14.4. The van der Waals surface area contributed by atoms with E-state index in [2.05, 4.69) is 4.74 Å². The van der Waals surface area contributed by atoms with E-state index < -0.39 is 0 Å². The van der Waals surface area contributed by atoms with Gasteiger partial charge in [0, 0.05) is 26.1 Å². The number of methoxy groups -OCH3 is 1. The molecule has 192 valence electrons. The van der Waals surface area contributed by atoms with E-state index in [0.29, 0.717) is 59.8 Å².